The average molecular weight is 142 g/mol. The maximum Gasteiger partial charge on any atom is 0.306 e. The summed E-state index contributed by atoms with van der Waals surface area (Å²) in [6, 6.07) is 0. The van der Waals surface area contributed by atoms with Gasteiger partial charge in [-0.25, -0.2) is 0 Å². The molecule has 1 rings (SSSR count). The molecule has 0 bridgehead atoms. The largest absolute Gasteiger partial charge is 0.465 e. The van der Waals surface area contributed by atoms with Crippen molar-refractivity contribution in [3.05, 3.63) is 0 Å². The van der Waals surface area contributed by atoms with E-state index in [-0.39, 0.29) is 11.4 Å². The minimum Gasteiger partial charge on any atom is -0.465 e. The van der Waals surface area contributed by atoms with Crippen LogP contribution in [0.25, 0.3) is 0 Å². The summed E-state index contributed by atoms with van der Waals surface area (Å²) in [6.45, 7) is 6.95. The van der Waals surface area contributed by atoms with Gasteiger partial charge in [-0.05, 0) is 5.92 Å². The number of ether oxygens (including phenoxy) is 1. The van der Waals surface area contributed by atoms with E-state index in [1.165, 1.54) is 0 Å². The molecule has 2 nitrogen and oxygen atoms in total. The second-order valence-electron chi connectivity index (χ2n) is 3.65. The molecule has 1 heterocycles. The molecule has 10 heavy (non-hydrogen) atoms. The van der Waals surface area contributed by atoms with Crippen LogP contribution in [0, 0.1) is 11.3 Å². The Balaban J connectivity index is 2.63. The van der Waals surface area contributed by atoms with E-state index in [0.717, 1.165) is 0 Å². The predicted octanol–water partition coefficient (Wildman–Crippen LogP) is 1.60. The number of hydrogen-bond donors (Lipinski definition) is 0. The molecule has 1 atom stereocenters. The summed E-state index contributed by atoms with van der Waals surface area (Å²) in [5.74, 6) is 0.482. The molecule has 1 unspecified atom stereocenters. The number of hydrogen-bond acceptors (Lipinski definition) is 2. The van der Waals surface area contributed by atoms with E-state index in [2.05, 4.69) is 20.8 Å². The molecule has 0 radical (unpaired) electrons. The number of cyclic esters (lactones) is 1. The van der Waals surface area contributed by atoms with Crippen LogP contribution >= 0.6 is 0 Å². The quantitative estimate of drug-likeness (QED) is 0.520. The normalized spacial score (nSPS) is 33.0. The van der Waals surface area contributed by atoms with Crippen molar-refractivity contribution in [2.75, 3.05) is 6.61 Å². The molecular weight excluding hydrogens is 128 g/mol. The zero-order valence-corrected chi connectivity index (χ0v) is 6.81. The van der Waals surface area contributed by atoms with E-state index in [0.29, 0.717) is 18.9 Å². The fraction of sp³-hybridized carbons (Fsp3) is 0.875. The maximum atomic E-state index is 10.7. The molecule has 58 valence electrons. The van der Waals surface area contributed by atoms with Crippen LogP contribution in [0.2, 0.25) is 0 Å². The summed E-state index contributed by atoms with van der Waals surface area (Å²) in [6.07, 6.45) is 0.588. The Morgan fingerprint density at radius 1 is 1.60 bits per heavy atom. The van der Waals surface area contributed by atoms with Crippen LogP contribution < -0.4 is 0 Å². The van der Waals surface area contributed by atoms with Crippen LogP contribution in [0.3, 0.4) is 0 Å². The topological polar surface area (TPSA) is 26.3 Å². The summed E-state index contributed by atoms with van der Waals surface area (Å²) < 4.78 is 4.89. The first-order chi connectivity index (χ1) is 4.54. The van der Waals surface area contributed by atoms with Gasteiger partial charge in [-0.15, -0.1) is 0 Å². The fourth-order valence-electron chi connectivity index (χ4n) is 1.05. The fourth-order valence-corrected chi connectivity index (χ4v) is 1.05. The van der Waals surface area contributed by atoms with Crippen molar-refractivity contribution >= 4 is 5.97 Å². The van der Waals surface area contributed by atoms with E-state index in [4.69, 9.17) is 4.74 Å². The Kier molecular flexibility index (Phi) is 1.71. The Hall–Kier alpha value is -0.530. The van der Waals surface area contributed by atoms with Crippen molar-refractivity contribution in [1.82, 2.24) is 0 Å². The summed E-state index contributed by atoms with van der Waals surface area (Å²) in [7, 11) is 0. The summed E-state index contributed by atoms with van der Waals surface area (Å²) in [5.41, 5.74) is 0.0943. The zero-order valence-electron chi connectivity index (χ0n) is 6.81. The Labute approximate surface area is 61.6 Å². The summed E-state index contributed by atoms with van der Waals surface area (Å²) in [4.78, 5) is 10.7. The van der Waals surface area contributed by atoms with Gasteiger partial charge < -0.3 is 4.74 Å². The molecule has 0 aliphatic carbocycles. The molecule has 0 aromatic rings. The van der Waals surface area contributed by atoms with Gasteiger partial charge in [-0.3, -0.25) is 4.79 Å². The van der Waals surface area contributed by atoms with Crippen LogP contribution in [-0.4, -0.2) is 12.6 Å². The van der Waals surface area contributed by atoms with Gasteiger partial charge in [0.2, 0.25) is 0 Å². The van der Waals surface area contributed by atoms with E-state index in [1.54, 1.807) is 0 Å². The SMILES string of the molecule is CC(C)C1(C)COC(=O)C1. The van der Waals surface area contributed by atoms with E-state index >= 15 is 0 Å². The van der Waals surface area contributed by atoms with Crippen LogP contribution in [0.4, 0.5) is 0 Å². The molecule has 0 spiro atoms. The van der Waals surface area contributed by atoms with Crippen molar-refractivity contribution in [2.45, 2.75) is 27.2 Å². The second kappa shape index (κ2) is 2.26. The van der Waals surface area contributed by atoms with Gasteiger partial charge in [0.15, 0.2) is 0 Å². The van der Waals surface area contributed by atoms with Crippen molar-refractivity contribution in [3.63, 3.8) is 0 Å². The highest BCUT2D eigenvalue weighted by Gasteiger charge is 2.38. The molecule has 0 aromatic carbocycles. The monoisotopic (exact) mass is 142 g/mol. The minimum atomic E-state index is -0.0452. The zero-order chi connectivity index (χ0) is 7.78. The molecule has 1 aliphatic rings. The molecule has 1 aliphatic heterocycles. The molecule has 0 N–H and O–H groups in total. The van der Waals surface area contributed by atoms with Gasteiger partial charge in [0.1, 0.15) is 0 Å². The molecule has 1 fully saturated rings. The van der Waals surface area contributed by atoms with Gasteiger partial charge >= 0.3 is 5.97 Å². The molecule has 2 heteroatoms. The van der Waals surface area contributed by atoms with E-state index in [9.17, 15) is 4.79 Å². The molecule has 0 aromatic heterocycles. The van der Waals surface area contributed by atoms with E-state index < -0.39 is 0 Å². The highest BCUT2D eigenvalue weighted by Crippen LogP contribution is 2.35. The lowest BCUT2D eigenvalue weighted by atomic mass is 9.79. The standard InChI is InChI=1S/C8H14O2/c1-6(2)8(3)4-7(9)10-5-8/h6H,4-5H2,1-3H3. The third-order valence-corrected chi connectivity index (χ3v) is 2.50. The second-order valence-corrected chi connectivity index (χ2v) is 3.65. The lowest BCUT2D eigenvalue weighted by molar-refractivity contribution is -0.137. The molecule has 0 saturated carbocycles. The summed E-state index contributed by atoms with van der Waals surface area (Å²) in [5, 5.41) is 0. The van der Waals surface area contributed by atoms with E-state index in [1.807, 2.05) is 0 Å². The van der Waals surface area contributed by atoms with Gasteiger partial charge in [-0.1, -0.05) is 20.8 Å². The van der Waals surface area contributed by atoms with Gasteiger partial charge in [-0.2, -0.15) is 0 Å². The highest BCUT2D eigenvalue weighted by atomic mass is 16.5. The van der Waals surface area contributed by atoms with Crippen molar-refractivity contribution in [2.24, 2.45) is 11.3 Å². The van der Waals surface area contributed by atoms with Crippen LogP contribution in [0.5, 0.6) is 0 Å². The molecular formula is C8H14O2. The number of carbonyl (C=O) groups is 1. The average Bonchev–Trinajstić information content (AvgIpc) is 2.13. The first kappa shape index (κ1) is 7.58. The van der Waals surface area contributed by atoms with Gasteiger partial charge in [0.25, 0.3) is 0 Å². The van der Waals surface area contributed by atoms with Gasteiger partial charge in [0.05, 0.1) is 13.0 Å². The highest BCUT2D eigenvalue weighted by molar-refractivity contribution is 5.72. The molecule has 1 saturated heterocycles. The van der Waals surface area contributed by atoms with Gasteiger partial charge in [0, 0.05) is 5.41 Å². The smallest absolute Gasteiger partial charge is 0.306 e. The molecule has 0 amide bonds. The third kappa shape index (κ3) is 1.15. The predicted molar refractivity (Wildman–Crippen MR) is 38.5 cm³/mol. The number of rotatable bonds is 1. The lowest BCUT2D eigenvalue weighted by Crippen LogP contribution is -2.23. The van der Waals surface area contributed by atoms with Crippen molar-refractivity contribution in [1.29, 1.82) is 0 Å². The first-order valence-corrected chi connectivity index (χ1v) is 3.70. The van der Waals surface area contributed by atoms with Crippen molar-refractivity contribution < 1.29 is 9.53 Å². The third-order valence-electron chi connectivity index (χ3n) is 2.50. The number of carbonyl (C=O) groups excluding carboxylic acids is 1. The Bertz CT molecular complexity index is 151. The van der Waals surface area contributed by atoms with Crippen LogP contribution in [0.15, 0.2) is 0 Å². The van der Waals surface area contributed by atoms with Crippen LogP contribution in [-0.2, 0) is 9.53 Å². The first-order valence-electron chi connectivity index (χ1n) is 3.70. The minimum absolute atomic E-state index is 0.0452. The lowest BCUT2D eigenvalue weighted by Gasteiger charge is -2.24. The number of esters is 1. The Morgan fingerprint density at radius 2 is 2.20 bits per heavy atom. The Morgan fingerprint density at radius 3 is 2.40 bits per heavy atom. The van der Waals surface area contributed by atoms with Crippen molar-refractivity contribution in [3.8, 4) is 0 Å². The summed E-state index contributed by atoms with van der Waals surface area (Å²) >= 11 is 0. The maximum absolute atomic E-state index is 10.7. The van der Waals surface area contributed by atoms with Crippen LogP contribution in [0.1, 0.15) is 27.2 Å².